The average Bonchev–Trinajstić information content (AvgIpc) is 2.41. The Hall–Kier alpha value is -0.730. The number of hydrogen-bond acceptors (Lipinski definition) is 2. The molecule has 0 spiro atoms. The van der Waals surface area contributed by atoms with Gasteiger partial charge in [-0.15, -0.1) is 0 Å². The summed E-state index contributed by atoms with van der Waals surface area (Å²) in [7, 11) is 0. The number of anilines is 1. The number of nitrogens with zero attached hydrogens (tertiary/aromatic N) is 1. The molecule has 1 heterocycles. The number of piperidine rings is 1. The van der Waals surface area contributed by atoms with Gasteiger partial charge in [0.05, 0.1) is 10.7 Å². The highest BCUT2D eigenvalue weighted by Gasteiger charge is 2.29. The molecule has 1 aliphatic rings. The van der Waals surface area contributed by atoms with Crippen LogP contribution in [0.15, 0.2) is 18.2 Å². The van der Waals surface area contributed by atoms with E-state index in [1.165, 1.54) is 17.7 Å². The summed E-state index contributed by atoms with van der Waals surface area (Å²) < 4.78 is 0. The fraction of sp³-hybridized carbons (Fsp3) is 0.667. The van der Waals surface area contributed by atoms with E-state index in [4.69, 9.17) is 11.6 Å². The van der Waals surface area contributed by atoms with E-state index in [0.717, 1.165) is 24.0 Å². The van der Waals surface area contributed by atoms with Crippen LogP contribution in [0.2, 0.25) is 5.02 Å². The molecule has 1 aromatic rings. The highest BCUT2D eigenvalue weighted by Crippen LogP contribution is 2.35. The van der Waals surface area contributed by atoms with Gasteiger partial charge in [-0.3, -0.25) is 0 Å². The first kappa shape index (κ1) is 16.6. The first-order valence-electron chi connectivity index (χ1n) is 8.17. The first-order valence-corrected chi connectivity index (χ1v) is 8.54. The van der Waals surface area contributed by atoms with Crippen molar-refractivity contribution in [2.75, 3.05) is 11.4 Å². The molecule has 0 saturated carbocycles. The Kier molecular flexibility index (Phi) is 5.56. The maximum Gasteiger partial charge on any atom is 0.0642 e. The standard InChI is InChI=1S/C18H29ClN2/c1-12(2)20-10-16-6-7-18(17(19)9-16)21-11-13(3)8-14(4)15(21)5/h6-7,9,12-15,20H,8,10-11H2,1-5H3. The molecule has 2 nitrogen and oxygen atoms in total. The van der Waals surface area contributed by atoms with Crippen molar-refractivity contribution in [3.63, 3.8) is 0 Å². The molecule has 1 aromatic carbocycles. The summed E-state index contributed by atoms with van der Waals surface area (Å²) in [5, 5.41) is 4.32. The maximum atomic E-state index is 6.57. The van der Waals surface area contributed by atoms with Crippen LogP contribution in [0.3, 0.4) is 0 Å². The molecule has 3 unspecified atom stereocenters. The summed E-state index contributed by atoms with van der Waals surface area (Å²) >= 11 is 6.57. The van der Waals surface area contributed by atoms with Gasteiger partial charge < -0.3 is 10.2 Å². The van der Waals surface area contributed by atoms with Crippen LogP contribution in [-0.2, 0) is 6.54 Å². The van der Waals surface area contributed by atoms with E-state index in [9.17, 15) is 0 Å². The fourth-order valence-corrected chi connectivity index (χ4v) is 3.56. The number of nitrogens with one attached hydrogen (secondary N) is 1. The van der Waals surface area contributed by atoms with Gasteiger partial charge in [-0.1, -0.05) is 45.4 Å². The molecule has 2 rings (SSSR count). The summed E-state index contributed by atoms with van der Waals surface area (Å²) in [5.74, 6) is 1.45. The largest absolute Gasteiger partial charge is 0.367 e. The van der Waals surface area contributed by atoms with Gasteiger partial charge in [-0.05, 0) is 42.9 Å². The topological polar surface area (TPSA) is 15.3 Å². The summed E-state index contributed by atoms with van der Waals surface area (Å²) in [6.07, 6.45) is 1.31. The normalized spacial score (nSPS) is 26.4. The molecule has 3 heteroatoms. The summed E-state index contributed by atoms with van der Waals surface area (Å²) in [5.41, 5.74) is 2.44. The van der Waals surface area contributed by atoms with Crippen LogP contribution in [0.25, 0.3) is 0 Å². The lowest BCUT2D eigenvalue weighted by Crippen LogP contribution is -2.46. The Morgan fingerprint density at radius 3 is 2.62 bits per heavy atom. The zero-order chi connectivity index (χ0) is 15.6. The van der Waals surface area contributed by atoms with Gasteiger partial charge in [0, 0.05) is 25.2 Å². The molecule has 21 heavy (non-hydrogen) atoms. The molecular weight excluding hydrogens is 280 g/mol. The van der Waals surface area contributed by atoms with E-state index in [1.807, 2.05) is 0 Å². The molecule has 118 valence electrons. The lowest BCUT2D eigenvalue weighted by atomic mass is 9.85. The van der Waals surface area contributed by atoms with Crippen molar-refractivity contribution in [1.29, 1.82) is 0 Å². The average molecular weight is 309 g/mol. The van der Waals surface area contributed by atoms with Crippen LogP contribution in [0.5, 0.6) is 0 Å². The Bertz CT molecular complexity index is 472. The van der Waals surface area contributed by atoms with Gasteiger partial charge in [-0.25, -0.2) is 0 Å². The number of benzene rings is 1. The van der Waals surface area contributed by atoms with Gasteiger partial charge in [0.25, 0.3) is 0 Å². The Labute approximate surface area is 134 Å². The minimum Gasteiger partial charge on any atom is -0.367 e. The second-order valence-electron chi connectivity index (χ2n) is 7.03. The molecule has 3 atom stereocenters. The Balaban J connectivity index is 2.16. The fourth-order valence-electron chi connectivity index (χ4n) is 3.25. The Morgan fingerprint density at radius 1 is 1.29 bits per heavy atom. The molecule has 0 amide bonds. The van der Waals surface area contributed by atoms with Crippen molar-refractivity contribution >= 4 is 17.3 Å². The minimum absolute atomic E-state index is 0.493. The molecule has 0 radical (unpaired) electrons. The van der Waals surface area contributed by atoms with E-state index in [0.29, 0.717) is 18.0 Å². The van der Waals surface area contributed by atoms with E-state index >= 15 is 0 Å². The van der Waals surface area contributed by atoms with E-state index < -0.39 is 0 Å². The van der Waals surface area contributed by atoms with E-state index in [-0.39, 0.29) is 0 Å². The van der Waals surface area contributed by atoms with Gasteiger partial charge in [0.15, 0.2) is 0 Å². The van der Waals surface area contributed by atoms with Crippen molar-refractivity contribution in [1.82, 2.24) is 5.32 Å². The van der Waals surface area contributed by atoms with Crippen LogP contribution >= 0.6 is 11.6 Å². The van der Waals surface area contributed by atoms with Crippen LogP contribution in [-0.4, -0.2) is 18.6 Å². The molecule has 1 saturated heterocycles. The SMILES string of the molecule is CC1CC(C)C(C)N(c2ccc(CNC(C)C)cc2Cl)C1. The summed E-state index contributed by atoms with van der Waals surface area (Å²) in [6, 6.07) is 7.56. The van der Waals surface area contributed by atoms with Crippen LogP contribution in [0.4, 0.5) is 5.69 Å². The van der Waals surface area contributed by atoms with E-state index in [2.05, 4.69) is 63.0 Å². The highest BCUT2D eigenvalue weighted by atomic mass is 35.5. The summed E-state index contributed by atoms with van der Waals surface area (Å²) in [6.45, 7) is 13.3. The van der Waals surface area contributed by atoms with Gasteiger partial charge in [-0.2, -0.15) is 0 Å². The molecular formula is C18H29ClN2. The zero-order valence-electron chi connectivity index (χ0n) is 14.0. The van der Waals surface area contributed by atoms with Gasteiger partial charge in [0.1, 0.15) is 0 Å². The zero-order valence-corrected chi connectivity index (χ0v) is 14.7. The lowest BCUT2D eigenvalue weighted by Gasteiger charge is -2.43. The number of rotatable bonds is 4. The lowest BCUT2D eigenvalue weighted by molar-refractivity contribution is 0.297. The second-order valence-corrected chi connectivity index (χ2v) is 7.44. The second kappa shape index (κ2) is 7.02. The molecule has 1 aliphatic heterocycles. The third kappa shape index (κ3) is 4.14. The van der Waals surface area contributed by atoms with Gasteiger partial charge >= 0.3 is 0 Å². The predicted octanol–water partition coefficient (Wildman–Crippen LogP) is 4.71. The molecule has 0 aliphatic carbocycles. The Morgan fingerprint density at radius 2 is 2.00 bits per heavy atom. The van der Waals surface area contributed by atoms with Crippen molar-refractivity contribution in [2.24, 2.45) is 11.8 Å². The highest BCUT2D eigenvalue weighted by molar-refractivity contribution is 6.33. The number of halogens is 1. The molecule has 1 N–H and O–H groups in total. The van der Waals surface area contributed by atoms with Crippen molar-refractivity contribution in [2.45, 2.75) is 59.7 Å². The first-order chi connectivity index (χ1) is 9.88. The number of hydrogen-bond donors (Lipinski definition) is 1. The third-order valence-corrected chi connectivity index (χ3v) is 4.94. The maximum absolute atomic E-state index is 6.57. The van der Waals surface area contributed by atoms with Crippen molar-refractivity contribution < 1.29 is 0 Å². The smallest absolute Gasteiger partial charge is 0.0642 e. The minimum atomic E-state index is 0.493. The van der Waals surface area contributed by atoms with E-state index in [1.54, 1.807) is 0 Å². The monoisotopic (exact) mass is 308 g/mol. The molecule has 0 bridgehead atoms. The van der Waals surface area contributed by atoms with Gasteiger partial charge in [0.2, 0.25) is 0 Å². The summed E-state index contributed by atoms with van der Waals surface area (Å²) in [4.78, 5) is 2.49. The van der Waals surface area contributed by atoms with Crippen molar-refractivity contribution in [3.8, 4) is 0 Å². The predicted molar refractivity (Wildman–Crippen MR) is 93.2 cm³/mol. The molecule has 1 fully saturated rings. The quantitative estimate of drug-likeness (QED) is 0.866. The molecule has 0 aromatic heterocycles. The van der Waals surface area contributed by atoms with Crippen molar-refractivity contribution in [3.05, 3.63) is 28.8 Å². The van der Waals surface area contributed by atoms with Crippen LogP contribution in [0, 0.1) is 11.8 Å². The third-order valence-electron chi connectivity index (χ3n) is 4.63. The van der Waals surface area contributed by atoms with Crippen LogP contribution in [0.1, 0.15) is 46.6 Å². The van der Waals surface area contributed by atoms with Crippen LogP contribution < -0.4 is 10.2 Å².